The summed E-state index contributed by atoms with van der Waals surface area (Å²) in [6.07, 6.45) is 4.91. The highest BCUT2D eigenvalue weighted by molar-refractivity contribution is 7.91. The number of esters is 1. The van der Waals surface area contributed by atoms with E-state index < -0.39 is 22.4 Å². The first-order valence-corrected chi connectivity index (χ1v) is 11.2. The molecule has 28 heavy (non-hydrogen) atoms. The molecule has 1 fully saturated rings. The molecule has 0 bridgehead atoms. The Morgan fingerprint density at radius 3 is 2.75 bits per heavy atom. The highest BCUT2D eigenvalue weighted by Crippen LogP contribution is 2.19. The number of sulfone groups is 1. The van der Waals surface area contributed by atoms with Crippen molar-refractivity contribution in [3.05, 3.63) is 35.9 Å². The topological polar surface area (TPSA) is 90.0 Å². The summed E-state index contributed by atoms with van der Waals surface area (Å²) in [4.78, 5) is 26.0. The molecule has 0 spiro atoms. The van der Waals surface area contributed by atoms with Crippen molar-refractivity contribution in [2.24, 2.45) is 0 Å². The van der Waals surface area contributed by atoms with E-state index in [2.05, 4.69) is 0 Å². The smallest absolute Gasteiger partial charge is 0.331 e. The fourth-order valence-corrected chi connectivity index (χ4v) is 4.76. The third-order valence-electron chi connectivity index (χ3n) is 4.57. The molecule has 2 rings (SSSR count). The van der Waals surface area contributed by atoms with Crippen molar-refractivity contribution in [1.29, 1.82) is 0 Å². The minimum Gasteiger partial charge on any atom is -0.497 e. The van der Waals surface area contributed by atoms with Crippen molar-refractivity contribution in [2.75, 3.05) is 31.8 Å². The van der Waals surface area contributed by atoms with Crippen molar-refractivity contribution in [1.82, 2.24) is 4.90 Å². The van der Waals surface area contributed by atoms with Crippen molar-refractivity contribution in [2.45, 2.75) is 32.2 Å². The van der Waals surface area contributed by atoms with E-state index in [-0.39, 0.29) is 23.5 Å². The van der Waals surface area contributed by atoms with Crippen LogP contribution in [0.15, 0.2) is 30.3 Å². The summed E-state index contributed by atoms with van der Waals surface area (Å²) in [5.41, 5.74) is 0.767. The molecular weight excluding hydrogens is 382 g/mol. The number of hydrogen-bond acceptors (Lipinski definition) is 6. The Bertz CT molecular complexity index is 818. The average molecular weight is 410 g/mol. The summed E-state index contributed by atoms with van der Waals surface area (Å²) < 4.78 is 33.6. The molecule has 1 aromatic rings. The molecule has 0 radical (unpaired) electrons. The van der Waals surface area contributed by atoms with E-state index in [0.717, 1.165) is 18.4 Å². The van der Waals surface area contributed by atoms with Crippen molar-refractivity contribution in [3.63, 3.8) is 0 Å². The van der Waals surface area contributed by atoms with Gasteiger partial charge in [-0.15, -0.1) is 0 Å². The number of carbonyl (C=O) groups is 2. The number of amides is 1. The molecular formula is C20H27NO6S. The Morgan fingerprint density at radius 2 is 2.11 bits per heavy atom. The molecule has 0 saturated carbocycles. The molecule has 1 saturated heterocycles. The molecule has 0 N–H and O–H groups in total. The standard InChI is InChI=1S/C20H27NO6S/c1-3-4-11-21(17-10-12-28(24,25)15-17)19(22)14-27-20(23)9-8-16-6-5-7-18(13-16)26-2/h5-9,13,17H,3-4,10-12,14-15H2,1-2H3/b9-8+/t17-/m0/s1. The molecule has 1 aliphatic rings. The van der Waals surface area contributed by atoms with Gasteiger partial charge in [0.15, 0.2) is 16.4 Å². The van der Waals surface area contributed by atoms with Gasteiger partial charge in [0.25, 0.3) is 5.91 Å². The third-order valence-corrected chi connectivity index (χ3v) is 6.32. The van der Waals surface area contributed by atoms with Crippen LogP contribution in [-0.4, -0.2) is 63.0 Å². The largest absolute Gasteiger partial charge is 0.497 e. The summed E-state index contributed by atoms with van der Waals surface area (Å²) in [5.74, 6) is -0.254. The van der Waals surface area contributed by atoms with Gasteiger partial charge in [0.05, 0.1) is 18.6 Å². The maximum Gasteiger partial charge on any atom is 0.331 e. The van der Waals surface area contributed by atoms with E-state index in [1.807, 2.05) is 13.0 Å². The Labute approximate surface area is 166 Å². The predicted octanol–water partition coefficient (Wildman–Crippen LogP) is 2.07. The Hall–Kier alpha value is -2.35. The number of carbonyl (C=O) groups excluding carboxylic acids is 2. The normalized spacial score (nSPS) is 18.1. The van der Waals surface area contributed by atoms with Gasteiger partial charge in [-0.25, -0.2) is 13.2 Å². The van der Waals surface area contributed by atoms with Crippen LogP contribution < -0.4 is 4.74 Å². The fourth-order valence-electron chi connectivity index (χ4n) is 3.03. The molecule has 0 aliphatic carbocycles. The number of unbranched alkanes of at least 4 members (excludes halogenated alkanes) is 1. The lowest BCUT2D eigenvalue weighted by atomic mass is 10.2. The number of methoxy groups -OCH3 is 1. The number of benzene rings is 1. The molecule has 154 valence electrons. The van der Waals surface area contributed by atoms with Gasteiger partial charge in [-0.1, -0.05) is 25.5 Å². The van der Waals surface area contributed by atoms with Gasteiger partial charge in [0, 0.05) is 18.7 Å². The molecule has 0 unspecified atom stereocenters. The maximum absolute atomic E-state index is 12.5. The van der Waals surface area contributed by atoms with Crippen LogP contribution in [-0.2, 0) is 24.2 Å². The van der Waals surface area contributed by atoms with Crippen LogP contribution in [0.25, 0.3) is 6.08 Å². The number of nitrogens with zero attached hydrogens (tertiary/aromatic N) is 1. The summed E-state index contributed by atoms with van der Waals surface area (Å²) >= 11 is 0. The number of ether oxygens (including phenoxy) is 2. The summed E-state index contributed by atoms with van der Waals surface area (Å²) in [6.45, 7) is 2.06. The highest BCUT2D eigenvalue weighted by Gasteiger charge is 2.34. The van der Waals surface area contributed by atoms with E-state index in [1.54, 1.807) is 36.3 Å². The highest BCUT2D eigenvalue weighted by atomic mass is 32.2. The van der Waals surface area contributed by atoms with Gasteiger partial charge in [-0.05, 0) is 36.6 Å². The van der Waals surface area contributed by atoms with Gasteiger partial charge >= 0.3 is 5.97 Å². The van der Waals surface area contributed by atoms with Crippen LogP contribution in [0.2, 0.25) is 0 Å². The van der Waals surface area contributed by atoms with Crippen LogP contribution >= 0.6 is 0 Å². The summed E-state index contributed by atoms with van der Waals surface area (Å²) in [5, 5.41) is 0. The van der Waals surface area contributed by atoms with Crippen LogP contribution in [0, 0.1) is 0 Å². The Balaban J connectivity index is 1.91. The summed E-state index contributed by atoms with van der Waals surface area (Å²) in [7, 11) is -1.54. The van der Waals surface area contributed by atoms with Gasteiger partial charge < -0.3 is 14.4 Å². The van der Waals surface area contributed by atoms with E-state index in [4.69, 9.17) is 9.47 Å². The minimum atomic E-state index is -3.10. The van der Waals surface area contributed by atoms with Crippen LogP contribution in [0.4, 0.5) is 0 Å². The van der Waals surface area contributed by atoms with Gasteiger partial charge in [-0.3, -0.25) is 4.79 Å². The molecule has 1 heterocycles. The van der Waals surface area contributed by atoms with Crippen molar-refractivity contribution >= 4 is 27.8 Å². The van der Waals surface area contributed by atoms with Gasteiger partial charge in [-0.2, -0.15) is 0 Å². The first-order chi connectivity index (χ1) is 13.3. The van der Waals surface area contributed by atoms with Crippen molar-refractivity contribution in [3.8, 4) is 5.75 Å². The van der Waals surface area contributed by atoms with Crippen LogP contribution in [0.3, 0.4) is 0 Å². The zero-order valence-electron chi connectivity index (χ0n) is 16.3. The Morgan fingerprint density at radius 1 is 1.32 bits per heavy atom. The quantitative estimate of drug-likeness (QED) is 0.458. The molecule has 0 aromatic heterocycles. The number of hydrogen-bond donors (Lipinski definition) is 0. The van der Waals surface area contributed by atoms with Crippen LogP contribution in [0.5, 0.6) is 5.75 Å². The van der Waals surface area contributed by atoms with E-state index in [9.17, 15) is 18.0 Å². The average Bonchev–Trinajstić information content (AvgIpc) is 3.04. The van der Waals surface area contributed by atoms with E-state index >= 15 is 0 Å². The molecule has 8 heteroatoms. The zero-order valence-corrected chi connectivity index (χ0v) is 17.1. The minimum absolute atomic E-state index is 0.0217. The van der Waals surface area contributed by atoms with Crippen molar-refractivity contribution < 1.29 is 27.5 Å². The van der Waals surface area contributed by atoms with Crippen LogP contribution in [0.1, 0.15) is 31.7 Å². The predicted molar refractivity (Wildman–Crippen MR) is 107 cm³/mol. The summed E-state index contributed by atoms with van der Waals surface area (Å²) in [6, 6.07) is 6.83. The second kappa shape index (κ2) is 10.3. The fraction of sp³-hybridized carbons (Fsp3) is 0.500. The SMILES string of the molecule is CCCCN(C(=O)COC(=O)/C=C/c1cccc(OC)c1)[C@H]1CCS(=O)(=O)C1. The zero-order chi connectivity index (χ0) is 20.6. The first kappa shape index (κ1) is 21.9. The van der Waals surface area contributed by atoms with E-state index in [1.165, 1.54) is 6.08 Å². The van der Waals surface area contributed by atoms with E-state index in [0.29, 0.717) is 18.7 Å². The number of rotatable bonds is 9. The second-order valence-electron chi connectivity index (χ2n) is 6.72. The molecule has 1 aliphatic heterocycles. The molecule has 1 aromatic carbocycles. The molecule has 7 nitrogen and oxygen atoms in total. The lowest BCUT2D eigenvalue weighted by Gasteiger charge is -2.28. The maximum atomic E-state index is 12.5. The first-order valence-electron chi connectivity index (χ1n) is 9.33. The monoisotopic (exact) mass is 409 g/mol. The van der Waals surface area contributed by atoms with Gasteiger partial charge in [0.2, 0.25) is 0 Å². The molecule has 1 amide bonds. The second-order valence-corrected chi connectivity index (χ2v) is 8.94. The lowest BCUT2D eigenvalue weighted by Crippen LogP contribution is -2.43. The van der Waals surface area contributed by atoms with Gasteiger partial charge in [0.1, 0.15) is 5.75 Å². The molecule has 1 atom stereocenters. The lowest BCUT2D eigenvalue weighted by molar-refractivity contribution is -0.149. The third kappa shape index (κ3) is 6.67. The Kier molecular flexibility index (Phi) is 8.04.